The van der Waals surface area contributed by atoms with Gasteiger partial charge in [0.05, 0.1) is 5.02 Å². The van der Waals surface area contributed by atoms with Crippen LogP contribution < -0.4 is 14.8 Å². The zero-order valence-corrected chi connectivity index (χ0v) is 15.1. The van der Waals surface area contributed by atoms with E-state index in [1.165, 1.54) is 12.1 Å². The maximum absolute atomic E-state index is 13.0. The summed E-state index contributed by atoms with van der Waals surface area (Å²) in [5.41, 5.74) is 1.69. The van der Waals surface area contributed by atoms with E-state index in [4.69, 9.17) is 21.1 Å². The molecule has 138 valence electrons. The lowest BCUT2D eigenvalue weighted by Gasteiger charge is -2.10. The Kier molecular flexibility index (Phi) is 6.28. The molecular formula is C21H17ClFNO3. The molecule has 1 N–H and O–H groups in total. The molecule has 3 aromatic rings. The van der Waals surface area contributed by atoms with Crippen LogP contribution in [0.3, 0.4) is 0 Å². The van der Waals surface area contributed by atoms with Crippen molar-refractivity contribution in [2.24, 2.45) is 0 Å². The van der Waals surface area contributed by atoms with Gasteiger partial charge >= 0.3 is 0 Å². The van der Waals surface area contributed by atoms with Crippen molar-refractivity contribution in [3.63, 3.8) is 0 Å². The molecule has 4 nitrogen and oxygen atoms in total. The SMILES string of the molecule is O=C(COc1ccc(F)cc1Cl)Nc1ccc(OCc2ccccc2)cc1. The van der Waals surface area contributed by atoms with Crippen molar-refractivity contribution >= 4 is 23.2 Å². The third kappa shape index (κ3) is 5.72. The van der Waals surface area contributed by atoms with Gasteiger partial charge in [-0.1, -0.05) is 41.9 Å². The van der Waals surface area contributed by atoms with Crippen LogP contribution in [0.2, 0.25) is 5.02 Å². The molecule has 0 bridgehead atoms. The number of nitrogens with one attached hydrogen (secondary N) is 1. The standard InChI is InChI=1S/C21H17ClFNO3/c22-19-12-16(23)6-11-20(19)27-14-21(25)24-17-7-9-18(10-8-17)26-13-15-4-2-1-3-5-15/h1-12H,13-14H2,(H,24,25). The summed E-state index contributed by atoms with van der Waals surface area (Å²) in [6.45, 7) is 0.233. The summed E-state index contributed by atoms with van der Waals surface area (Å²) in [6.07, 6.45) is 0. The first-order valence-corrected chi connectivity index (χ1v) is 8.62. The van der Waals surface area contributed by atoms with Crippen LogP contribution in [0, 0.1) is 5.82 Å². The van der Waals surface area contributed by atoms with Crippen molar-refractivity contribution in [3.8, 4) is 11.5 Å². The maximum Gasteiger partial charge on any atom is 0.262 e. The van der Waals surface area contributed by atoms with E-state index in [1.807, 2.05) is 30.3 Å². The van der Waals surface area contributed by atoms with Crippen LogP contribution in [0.5, 0.6) is 11.5 Å². The van der Waals surface area contributed by atoms with Gasteiger partial charge in [-0.15, -0.1) is 0 Å². The molecule has 0 spiro atoms. The van der Waals surface area contributed by atoms with Crippen molar-refractivity contribution in [1.29, 1.82) is 0 Å². The maximum atomic E-state index is 13.0. The van der Waals surface area contributed by atoms with Crippen LogP contribution in [0.1, 0.15) is 5.56 Å². The Morgan fingerprint density at radius 3 is 2.41 bits per heavy atom. The van der Waals surface area contributed by atoms with E-state index in [0.717, 1.165) is 11.6 Å². The molecule has 0 aliphatic heterocycles. The lowest BCUT2D eigenvalue weighted by Crippen LogP contribution is -2.20. The first-order chi connectivity index (χ1) is 13.1. The highest BCUT2D eigenvalue weighted by atomic mass is 35.5. The second-order valence-electron chi connectivity index (χ2n) is 5.71. The fourth-order valence-electron chi connectivity index (χ4n) is 2.31. The second-order valence-corrected chi connectivity index (χ2v) is 6.12. The van der Waals surface area contributed by atoms with Gasteiger partial charge in [0.1, 0.15) is 23.9 Å². The lowest BCUT2D eigenvalue weighted by atomic mass is 10.2. The Hall–Kier alpha value is -3.05. The van der Waals surface area contributed by atoms with Crippen molar-refractivity contribution in [3.05, 3.63) is 89.2 Å². The van der Waals surface area contributed by atoms with E-state index in [0.29, 0.717) is 18.0 Å². The van der Waals surface area contributed by atoms with E-state index >= 15 is 0 Å². The van der Waals surface area contributed by atoms with Crippen molar-refractivity contribution in [1.82, 2.24) is 0 Å². The summed E-state index contributed by atoms with van der Waals surface area (Å²) in [5, 5.41) is 2.82. The fourth-order valence-corrected chi connectivity index (χ4v) is 2.53. The van der Waals surface area contributed by atoms with Gasteiger partial charge in [0.25, 0.3) is 5.91 Å². The number of benzene rings is 3. The topological polar surface area (TPSA) is 47.6 Å². The van der Waals surface area contributed by atoms with Gasteiger partial charge in [0.15, 0.2) is 6.61 Å². The summed E-state index contributed by atoms with van der Waals surface area (Å²) < 4.78 is 24.0. The van der Waals surface area contributed by atoms with Crippen molar-refractivity contribution in [2.45, 2.75) is 6.61 Å². The molecule has 0 aliphatic carbocycles. The first kappa shape index (κ1) is 18.7. The number of rotatable bonds is 7. The van der Waals surface area contributed by atoms with Crippen molar-refractivity contribution in [2.75, 3.05) is 11.9 Å². The molecular weight excluding hydrogens is 369 g/mol. The van der Waals surface area contributed by atoms with Gasteiger partial charge in [-0.3, -0.25) is 4.79 Å². The molecule has 0 heterocycles. The van der Waals surface area contributed by atoms with Gasteiger partial charge < -0.3 is 14.8 Å². The Balaban J connectivity index is 1.48. The molecule has 0 fully saturated rings. The highest BCUT2D eigenvalue weighted by Gasteiger charge is 2.07. The van der Waals surface area contributed by atoms with Crippen LogP contribution in [-0.2, 0) is 11.4 Å². The lowest BCUT2D eigenvalue weighted by molar-refractivity contribution is -0.118. The third-order valence-corrected chi connectivity index (χ3v) is 3.93. The zero-order chi connectivity index (χ0) is 19.1. The van der Waals surface area contributed by atoms with E-state index in [9.17, 15) is 9.18 Å². The van der Waals surface area contributed by atoms with Crippen LogP contribution >= 0.6 is 11.6 Å². The van der Waals surface area contributed by atoms with Gasteiger partial charge in [-0.2, -0.15) is 0 Å². The smallest absolute Gasteiger partial charge is 0.262 e. The summed E-state index contributed by atoms with van der Waals surface area (Å²) in [5.74, 6) is 0.129. The third-order valence-electron chi connectivity index (χ3n) is 3.64. The van der Waals surface area contributed by atoms with Crippen LogP contribution in [0.25, 0.3) is 0 Å². The molecule has 6 heteroatoms. The number of hydrogen-bond donors (Lipinski definition) is 1. The molecule has 0 saturated heterocycles. The minimum Gasteiger partial charge on any atom is -0.489 e. The molecule has 0 unspecified atom stereocenters. The Morgan fingerprint density at radius 1 is 0.963 bits per heavy atom. The van der Waals surface area contributed by atoms with E-state index in [1.54, 1.807) is 24.3 Å². The fraction of sp³-hybridized carbons (Fsp3) is 0.0952. The molecule has 0 atom stereocenters. The Bertz CT molecular complexity index is 901. The second kappa shape index (κ2) is 9.05. The molecule has 0 aromatic heterocycles. The number of hydrogen-bond acceptors (Lipinski definition) is 3. The largest absolute Gasteiger partial charge is 0.489 e. The summed E-state index contributed by atoms with van der Waals surface area (Å²) in [6, 6.07) is 20.6. The molecule has 3 rings (SSSR count). The predicted octanol–water partition coefficient (Wildman–Crippen LogP) is 5.08. The van der Waals surface area contributed by atoms with Gasteiger partial charge in [-0.25, -0.2) is 4.39 Å². The normalized spacial score (nSPS) is 10.3. The Morgan fingerprint density at radius 2 is 1.70 bits per heavy atom. The quantitative estimate of drug-likeness (QED) is 0.617. The summed E-state index contributed by atoms with van der Waals surface area (Å²) >= 11 is 5.85. The summed E-state index contributed by atoms with van der Waals surface area (Å²) in [4.78, 5) is 12.0. The summed E-state index contributed by atoms with van der Waals surface area (Å²) in [7, 11) is 0. The van der Waals surface area contributed by atoms with Crippen LogP contribution in [0.4, 0.5) is 10.1 Å². The van der Waals surface area contributed by atoms with Gasteiger partial charge in [0, 0.05) is 5.69 Å². The van der Waals surface area contributed by atoms with E-state index in [2.05, 4.69) is 5.32 Å². The molecule has 0 radical (unpaired) electrons. The van der Waals surface area contributed by atoms with Gasteiger partial charge in [-0.05, 0) is 48.0 Å². The molecule has 1 amide bonds. The van der Waals surface area contributed by atoms with Crippen LogP contribution in [-0.4, -0.2) is 12.5 Å². The number of carbonyl (C=O) groups excluding carboxylic acids is 1. The number of ether oxygens (including phenoxy) is 2. The Labute approximate surface area is 161 Å². The number of anilines is 1. The van der Waals surface area contributed by atoms with E-state index < -0.39 is 5.82 Å². The van der Waals surface area contributed by atoms with Crippen molar-refractivity contribution < 1.29 is 18.7 Å². The molecule has 27 heavy (non-hydrogen) atoms. The average molecular weight is 386 g/mol. The number of amides is 1. The molecule has 0 aliphatic rings. The number of halogens is 2. The minimum atomic E-state index is -0.466. The highest BCUT2D eigenvalue weighted by molar-refractivity contribution is 6.32. The highest BCUT2D eigenvalue weighted by Crippen LogP contribution is 2.24. The van der Waals surface area contributed by atoms with Gasteiger partial charge in [0.2, 0.25) is 0 Å². The monoisotopic (exact) mass is 385 g/mol. The minimum absolute atomic E-state index is 0.114. The average Bonchev–Trinajstić information content (AvgIpc) is 2.67. The molecule has 3 aromatic carbocycles. The van der Waals surface area contributed by atoms with E-state index in [-0.39, 0.29) is 23.3 Å². The first-order valence-electron chi connectivity index (χ1n) is 8.24. The molecule has 0 saturated carbocycles. The number of carbonyl (C=O) groups is 1. The van der Waals surface area contributed by atoms with Crippen LogP contribution in [0.15, 0.2) is 72.8 Å². The zero-order valence-electron chi connectivity index (χ0n) is 14.3. The predicted molar refractivity (Wildman–Crippen MR) is 103 cm³/mol.